The summed E-state index contributed by atoms with van der Waals surface area (Å²) in [6.07, 6.45) is 1.31. The Kier molecular flexibility index (Phi) is 5.60. The van der Waals surface area contributed by atoms with E-state index in [4.69, 9.17) is 4.42 Å². The topological polar surface area (TPSA) is 28.4 Å². The predicted octanol–water partition coefficient (Wildman–Crippen LogP) is 2.64. The van der Waals surface area contributed by atoms with Crippen LogP contribution in [0, 0.1) is 6.92 Å². The maximum atomic E-state index is 5.80. The van der Waals surface area contributed by atoms with Crippen molar-refractivity contribution in [2.45, 2.75) is 33.4 Å². The Morgan fingerprint density at radius 1 is 1.39 bits per heavy atom. The largest absolute Gasteiger partial charge is 0.465 e. The smallest absolute Gasteiger partial charge is 0.118 e. The fourth-order valence-corrected chi connectivity index (χ4v) is 3.20. The lowest BCUT2D eigenvalue weighted by molar-refractivity contribution is 0.285. The normalized spacial score (nSPS) is 17.9. The quantitative estimate of drug-likeness (QED) is 0.888. The summed E-state index contributed by atoms with van der Waals surface area (Å²) in [6, 6.07) is 2.22. The molecule has 3 nitrogen and oxygen atoms in total. The second kappa shape index (κ2) is 7.22. The molecule has 1 fully saturated rings. The lowest BCUT2D eigenvalue weighted by Crippen LogP contribution is -2.25. The first-order chi connectivity index (χ1) is 8.79. The van der Waals surface area contributed by atoms with Gasteiger partial charge in [-0.2, -0.15) is 11.8 Å². The molecule has 102 valence electrons. The Labute approximate surface area is 114 Å². The van der Waals surface area contributed by atoms with Gasteiger partial charge < -0.3 is 9.73 Å². The maximum Gasteiger partial charge on any atom is 0.118 e. The van der Waals surface area contributed by atoms with Gasteiger partial charge in [0.1, 0.15) is 11.5 Å². The molecule has 0 amide bonds. The van der Waals surface area contributed by atoms with Crippen molar-refractivity contribution in [2.24, 2.45) is 0 Å². The Morgan fingerprint density at radius 3 is 3.11 bits per heavy atom. The molecule has 0 saturated carbocycles. The van der Waals surface area contributed by atoms with Gasteiger partial charge >= 0.3 is 0 Å². The number of nitrogens with zero attached hydrogens (tertiary/aromatic N) is 1. The van der Waals surface area contributed by atoms with Crippen molar-refractivity contribution in [3.05, 3.63) is 23.2 Å². The molecule has 0 bridgehead atoms. The SMILES string of the molecule is CCNCc1cc(CN2CCCSCC2)c(C)o1. The van der Waals surface area contributed by atoms with E-state index in [1.807, 2.05) is 0 Å². The molecule has 0 aromatic carbocycles. The summed E-state index contributed by atoms with van der Waals surface area (Å²) in [4.78, 5) is 2.55. The minimum absolute atomic E-state index is 0.840. The molecule has 1 N–H and O–H groups in total. The highest BCUT2D eigenvalue weighted by atomic mass is 32.2. The van der Waals surface area contributed by atoms with Gasteiger partial charge in [0.2, 0.25) is 0 Å². The van der Waals surface area contributed by atoms with Crippen LogP contribution in [0.5, 0.6) is 0 Å². The van der Waals surface area contributed by atoms with Crippen LogP contribution in [0.15, 0.2) is 10.5 Å². The van der Waals surface area contributed by atoms with E-state index >= 15 is 0 Å². The average Bonchev–Trinajstić information content (AvgIpc) is 2.57. The van der Waals surface area contributed by atoms with E-state index in [1.165, 1.54) is 36.6 Å². The second-order valence-electron chi connectivity index (χ2n) is 4.82. The van der Waals surface area contributed by atoms with Crippen LogP contribution >= 0.6 is 11.8 Å². The summed E-state index contributed by atoms with van der Waals surface area (Å²) in [6.45, 7) is 9.49. The lowest BCUT2D eigenvalue weighted by Gasteiger charge is -2.18. The molecular formula is C14H24N2OS. The van der Waals surface area contributed by atoms with Crippen LogP contribution in [0.25, 0.3) is 0 Å². The number of thioether (sulfide) groups is 1. The van der Waals surface area contributed by atoms with E-state index in [-0.39, 0.29) is 0 Å². The molecule has 1 aliphatic rings. The zero-order valence-corrected chi connectivity index (χ0v) is 12.3. The highest BCUT2D eigenvalue weighted by Crippen LogP contribution is 2.19. The third-order valence-corrected chi connectivity index (χ3v) is 4.38. The molecule has 0 unspecified atom stereocenters. The highest BCUT2D eigenvalue weighted by Gasteiger charge is 2.13. The van der Waals surface area contributed by atoms with Crippen LogP contribution in [0.2, 0.25) is 0 Å². The van der Waals surface area contributed by atoms with Gasteiger partial charge in [0.25, 0.3) is 0 Å². The number of furan rings is 1. The molecule has 0 atom stereocenters. The molecule has 1 aliphatic heterocycles. The first-order valence-corrected chi connectivity index (χ1v) is 8.04. The first kappa shape index (κ1) is 14.0. The van der Waals surface area contributed by atoms with Crippen LogP contribution in [0.3, 0.4) is 0 Å². The number of rotatable bonds is 5. The van der Waals surface area contributed by atoms with Crippen LogP contribution in [0.4, 0.5) is 0 Å². The maximum absolute atomic E-state index is 5.80. The molecule has 0 spiro atoms. The van der Waals surface area contributed by atoms with Gasteiger partial charge in [-0.25, -0.2) is 0 Å². The molecule has 0 radical (unpaired) electrons. The van der Waals surface area contributed by atoms with Crippen molar-refractivity contribution in [3.63, 3.8) is 0 Å². The Bertz CT molecular complexity index is 357. The van der Waals surface area contributed by atoms with Crippen molar-refractivity contribution in [1.82, 2.24) is 10.2 Å². The van der Waals surface area contributed by atoms with Gasteiger partial charge in [0, 0.05) is 24.4 Å². The summed E-state index contributed by atoms with van der Waals surface area (Å²) >= 11 is 2.08. The molecule has 1 aromatic heterocycles. The first-order valence-electron chi connectivity index (χ1n) is 6.88. The zero-order chi connectivity index (χ0) is 12.8. The van der Waals surface area contributed by atoms with Crippen molar-refractivity contribution in [1.29, 1.82) is 0 Å². The van der Waals surface area contributed by atoms with E-state index in [1.54, 1.807) is 0 Å². The predicted molar refractivity (Wildman–Crippen MR) is 78.0 cm³/mol. The van der Waals surface area contributed by atoms with Gasteiger partial charge in [-0.15, -0.1) is 0 Å². The fraction of sp³-hybridized carbons (Fsp3) is 0.714. The molecule has 18 heavy (non-hydrogen) atoms. The van der Waals surface area contributed by atoms with Crippen molar-refractivity contribution >= 4 is 11.8 Å². The number of aryl methyl sites for hydroxylation is 1. The van der Waals surface area contributed by atoms with Gasteiger partial charge in [-0.1, -0.05) is 6.92 Å². The molecule has 1 aromatic rings. The fourth-order valence-electron chi connectivity index (χ4n) is 2.28. The Balaban J connectivity index is 1.92. The van der Waals surface area contributed by atoms with Crippen molar-refractivity contribution in [2.75, 3.05) is 31.1 Å². The van der Waals surface area contributed by atoms with Crippen LogP contribution in [-0.2, 0) is 13.1 Å². The van der Waals surface area contributed by atoms with Gasteiger partial charge in [-0.3, -0.25) is 4.90 Å². The zero-order valence-electron chi connectivity index (χ0n) is 11.5. The summed E-state index contributed by atoms with van der Waals surface area (Å²) in [5.74, 6) is 4.72. The third kappa shape index (κ3) is 4.04. The minimum atomic E-state index is 0.840. The van der Waals surface area contributed by atoms with E-state index in [9.17, 15) is 0 Å². The summed E-state index contributed by atoms with van der Waals surface area (Å²) in [5.41, 5.74) is 1.36. The monoisotopic (exact) mass is 268 g/mol. The van der Waals surface area contributed by atoms with E-state index in [2.05, 4.69) is 41.9 Å². The molecule has 2 heterocycles. The average molecular weight is 268 g/mol. The molecule has 1 saturated heterocycles. The number of hydrogen-bond donors (Lipinski definition) is 1. The van der Waals surface area contributed by atoms with Crippen LogP contribution in [-0.4, -0.2) is 36.0 Å². The molecule has 2 rings (SSSR count). The van der Waals surface area contributed by atoms with Gasteiger partial charge in [0.05, 0.1) is 6.54 Å². The molecular weight excluding hydrogens is 244 g/mol. The van der Waals surface area contributed by atoms with Crippen LogP contribution < -0.4 is 5.32 Å². The Morgan fingerprint density at radius 2 is 2.28 bits per heavy atom. The van der Waals surface area contributed by atoms with Crippen molar-refractivity contribution in [3.8, 4) is 0 Å². The third-order valence-electron chi connectivity index (χ3n) is 3.33. The second-order valence-corrected chi connectivity index (χ2v) is 6.04. The van der Waals surface area contributed by atoms with E-state index < -0.39 is 0 Å². The lowest BCUT2D eigenvalue weighted by atomic mass is 10.2. The highest BCUT2D eigenvalue weighted by molar-refractivity contribution is 7.99. The van der Waals surface area contributed by atoms with Gasteiger partial charge in [0.15, 0.2) is 0 Å². The standard InChI is InChI=1S/C14H24N2OS/c1-3-15-10-14-9-13(12(2)17-14)11-16-5-4-7-18-8-6-16/h9,15H,3-8,10-11H2,1-2H3. The Hall–Kier alpha value is -0.450. The summed E-state index contributed by atoms with van der Waals surface area (Å²) in [5, 5.41) is 3.31. The molecule has 0 aliphatic carbocycles. The van der Waals surface area contributed by atoms with Crippen LogP contribution in [0.1, 0.15) is 30.4 Å². The number of hydrogen-bond acceptors (Lipinski definition) is 4. The van der Waals surface area contributed by atoms with Gasteiger partial charge in [-0.05, 0) is 38.3 Å². The minimum Gasteiger partial charge on any atom is -0.465 e. The van der Waals surface area contributed by atoms with E-state index in [0.29, 0.717) is 0 Å². The van der Waals surface area contributed by atoms with Crippen molar-refractivity contribution < 1.29 is 4.42 Å². The summed E-state index contributed by atoms with van der Waals surface area (Å²) < 4.78 is 5.80. The van der Waals surface area contributed by atoms with E-state index in [0.717, 1.165) is 31.2 Å². The molecule has 4 heteroatoms. The number of nitrogens with one attached hydrogen (secondary N) is 1. The summed E-state index contributed by atoms with van der Waals surface area (Å²) in [7, 11) is 0.